The lowest BCUT2D eigenvalue weighted by Gasteiger charge is -1.95. The summed E-state index contributed by atoms with van der Waals surface area (Å²) in [5.74, 6) is 2.70. The van der Waals surface area contributed by atoms with Crippen LogP contribution in [-0.4, -0.2) is 16.8 Å². The van der Waals surface area contributed by atoms with Crippen LogP contribution in [0.15, 0.2) is 38.3 Å². The summed E-state index contributed by atoms with van der Waals surface area (Å²) in [6.45, 7) is 0. The van der Waals surface area contributed by atoms with Gasteiger partial charge in [-0.15, -0.1) is 9.78 Å². The molecule has 0 spiro atoms. The van der Waals surface area contributed by atoms with E-state index in [9.17, 15) is 0 Å². The van der Waals surface area contributed by atoms with Crippen LogP contribution in [0.25, 0.3) is 5.70 Å². The Morgan fingerprint density at radius 3 is 3.07 bits per heavy atom. The fraction of sp³-hybridized carbons (Fsp3) is 0. The van der Waals surface area contributed by atoms with Crippen LogP contribution in [0.5, 0.6) is 0 Å². The molecule has 0 radical (unpaired) electrons. The van der Waals surface area contributed by atoms with Crippen LogP contribution in [-0.2, 0) is 0 Å². The van der Waals surface area contributed by atoms with Crippen molar-refractivity contribution < 1.29 is 29.1 Å². The summed E-state index contributed by atoms with van der Waals surface area (Å²) in [5, 5.41) is 3.03. The zero-order chi connectivity index (χ0) is 9.10. The number of hydrogen-bond donors (Lipinski definition) is 0. The molecule has 0 bridgehead atoms. The van der Waals surface area contributed by atoms with Gasteiger partial charge in [0, 0.05) is 11.9 Å². The highest BCUT2D eigenvalue weighted by Crippen LogP contribution is 2.16. The van der Waals surface area contributed by atoms with Crippen LogP contribution in [0.3, 0.4) is 0 Å². The van der Waals surface area contributed by atoms with Crippen LogP contribution >= 0.6 is 22.6 Å². The number of hydrogen-bond acceptors (Lipinski definition) is 2. The van der Waals surface area contributed by atoms with Gasteiger partial charge in [0.25, 0.3) is 0 Å². The molecule has 4 nitrogen and oxygen atoms in total. The minimum atomic E-state index is 0. The molecule has 2 heterocycles. The lowest BCUT2D eigenvalue weighted by atomic mass is 10.5. The van der Waals surface area contributed by atoms with Crippen molar-refractivity contribution in [3.05, 3.63) is 28.4 Å². The van der Waals surface area contributed by atoms with E-state index < -0.39 is 0 Å². The second kappa shape index (κ2) is 5.42. The smallest absolute Gasteiger partial charge is 0.193 e. The lowest BCUT2D eigenvalue weighted by Crippen LogP contribution is -3.00. The number of H-pyrrole nitrogens is 1. The molecule has 0 amide bonds. The first-order chi connectivity index (χ1) is 6.38. The zero-order valence-electron chi connectivity index (χ0n) is 6.98. The number of allylic oxidation sites excluding steroid dienone is 1. The molecular formula is C8H6I2N4. The number of halogens is 2. The Hall–Kier alpha value is -0.470. The van der Waals surface area contributed by atoms with Crippen molar-refractivity contribution in [3.8, 4) is 0 Å². The van der Waals surface area contributed by atoms with Gasteiger partial charge in [0.05, 0.1) is 18.6 Å². The number of aromatic nitrogens is 2. The van der Waals surface area contributed by atoms with E-state index in [-0.39, 0.29) is 24.0 Å². The Morgan fingerprint density at radius 2 is 2.36 bits per heavy atom. The molecule has 0 unspecified atom stereocenters. The second-order valence-electron chi connectivity index (χ2n) is 2.33. The summed E-state index contributed by atoms with van der Waals surface area (Å²) < 4.78 is 2.69. The highest BCUT2D eigenvalue weighted by atomic mass is 127. The molecule has 0 fully saturated rings. The summed E-state index contributed by atoms with van der Waals surface area (Å²) in [5.41, 5.74) is 0.909. The minimum absolute atomic E-state index is 0. The standard InChI is InChI=1S/C8H5IN4.HI/c9-8-7(6-10-3-4-11-8)13-5-1-2-12-13;/h1-3,5-6H;1H. The maximum Gasteiger partial charge on any atom is 0.193 e. The lowest BCUT2D eigenvalue weighted by molar-refractivity contribution is -0.471. The third-order valence-electron chi connectivity index (χ3n) is 1.51. The molecule has 0 aliphatic carbocycles. The molecular weight excluding hydrogens is 406 g/mol. The summed E-state index contributed by atoms with van der Waals surface area (Å²) >= 11 is 2.14. The maximum atomic E-state index is 4.06. The van der Waals surface area contributed by atoms with Gasteiger partial charge in [-0.2, -0.15) is 4.99 Å². The van der Waals surface area contributed by atoms with E-state index in [0.29, 0.717) is 0 Å². The van der Waals surface area contributed by atoms with Crippen molar-refractivity contribution in [2.24, 2.45) is 9.98 Å². The average Bonchev–Trinajstić information content (AvgIpc) is 2.56. The van der Waals surface area contributed by atoms with Gasteiger partial charge < -0.3 is 24.0 Å². The molecule has 2 rings (SSSR count). The Balaban J connectivity index is 0.000000980. The Labute approximate surface area is 112 Å². The molecule has 1 aliphatic rings. The first-order valence-corrected chi connectivity index (χ1v) is 4.72. The van der Waals surface area contributed by atoms with Gasteiger partial charge in [0.1, 0.15) is 3.70 Å². The van der Waals surface area contributed by atoms with Crippen molar-refractivity contribution in [2.45, 2.75) is 0 Å². The minimum Gasteiger partial charge on any atom is -1.00 e. The zero-order valence-corrected chi connectivity index (χ0v) is 11.3. The molecule has 0 atom stereocenters. The van der Waals surface area contributed by atoms with Crippen molar-refractivity contribution >= 4 is 40.4 Å². The molecule has 72 valence electrons. The van der Waals surface area contributed by atoms with E-state index in [4.69, 9.17) is 0 Å². The molecule has 1 aromatic rings. The monoisotopic (exact) mass is 412 g/mol. The molecule has 1 aliphatic heterocycles. The highest BCUT2D eigenvalue weighted by Gasteiger charge is 2.07. The van der Waals surface area contributed by atoms with E-state index in [2.05, 4.69) is 43.5 Å². The Bertz CT molecular complexity index is 424. The van der Waals surface area contributed by atoms with Crippen molar-refractivity contribution in [1.82, 2.24) is 4.68 Å². The van der Waals surface area contributed by atoms with Crippen LogP contribution in [0, 0.1) is 0 Å². The summed E-state index contributed by atoms with van der Waals surface area (Å²) in [7, 11) is 0. The molecule has 0 saturated carbocycles. The second-order valence-corrected chi connectivity index (χ2v) is 3.35. The molecule has 6 heteroatoms. The van der Waals surface area contributed by atoms with Gasteiger partial charge in [-0.3, -0.25) is 4.99 Å². The number of nitrogens with one attached hydrogen (secondary N) is 1. The van der Waals surface area contributed by atoms with Gasteiger partial charge >= 0.3 is 0 Å². The quantitative estimate of drug-likeness (QED) is 0.384. The van der Waals surface area contributed by atoms with Crippen LogP contribution in [0.1, 0.15) is 0 Å². The van der Waals surface area contributed by atoms with Gasteiger partial charge in [0.2, 0.25) is 0 Å². The van der Waals surface area contributed by atoms with Crippen LogP contribution in [0.4, 0.5) is 0 Å². The molecule has 1 N–H and O–H groups in total. The highest BCUT2D eigenvalue weighted by molar-refractivity contribution is 14.1. The largest absolute Gasteiger partial charge is 1.00 e. The van der Waals surface area contributed by atoms with Crippen LogP contribution < -0.4 is 29.1 Å². The number of rotatable bonds is 1. The van der Waals surface area contributed by atoms with Gasteiger partial charge in [0.15, 0.2) is 11.9 Å². The third-order valence-corrected chi connectivity index (χ3v) is 2.30. The van der Waals surface area contributed by atoms with Gasteiger partial charge in [-0.05, 0) is 22.6 Å². The summed E-state index contributed by atoms with van der Waals surface area (Å²) in [4.78, 5) is 8.06. The van der Waals surface area contributed by atoms with Gasteiger partial charge in [-0.25, -0.2) is 0 Å². The normalized spacial score (nSPS) is 14.1. The number of aliphatic imine (C=N–C) groups is 2. The molecule has 0 aromatic carbocycles. The molecule has 1 aromatic heterocycles. The molecule has 0 saturated heterocycles. The van der Waals surface area contributed by atoms with Crippen molar-refractivity contribution in [3.63, 3.8) is 0 Å². The van der Waals surface area contributed by atoms with Crippen molar-refractivity contribution in [2.75, 3.05) is 0 Å². The van der Waals surface area contributed by atoms with E-state index >= 15 is 0 Å². The number of nitrogens with zero attached hydrogens (tertiary/aromatic N) is 3. The van der Waals surface area contributed by atoms with Crippen LogP contribution in [0.2, 0.25) is 0 Å². The van der Waals surface area contributed by atoms with E-state index in [1.165, 1.54) is 6.20 Å². The predicted molar refractivity (Wildman–Crippen MR) is 58.7 cm³/mol. The molecule has 14 heavy (non-hydrogen) atoms. The van der Waals surface area contributed by atoms with E-state index in [1.807, 2.05) is 23.1 Å². The van der Waals surface area contributed by atoms with Gasteiger partial charge in [-0.1, -0.05) is 0 Å². The fourth-order valence-electron chi connectivity index (χ4n) is 0.944. The SMILES string of the molecule is IC1=C(n2ccc[nH+]2)C=NC=C=N1.[I-]. The first-order valence-electron chi connectivity index (χ1n) is 3.64. The Morgan fingerprint density at radius 1 is 1.50 bits per heavy atom. The predicted octanol–water partition coefficient (Wildman–Crippen LogP) is -1.86. The average molecular weight is 412 g/mol. The third kappa shape index (κ3) is 2.52. The first kappa shape index (κ1) is 11.6. The van der Waals surface area contributed by atoms with E-state index in [0.717, 1.165) is 9.40 Å². The fourth-order valence-corrected chi connectivity index (χ4v) is 1.48. The Kier molecular flexibility index (Phi) is 4.49. The van der Waals surface area contributed by atoms with E-state index in [1.54, 1.807) is 6.21 Å². The van der Waals surface area contributed by atoms with Crippen molar-refractivity contribution in [1.29, 1.82) is 0 Å². The summed E-state index contributed by atoms with van der Waals surface area (Å²) in [6.07, 6.45) is 7.02. The topological polar surface area (TPSA) is 43.8 Å². The summed E-state index contributed by atoms with van der Waals surface area (Å²) in [6, 6.07) is 1.91. The maximum absolute atomic E-state index is 4.06. The number of aromatic amines is 1.